The molecule has 142 valence electrons. The normalized spacial score (nSPS) is 21.1. The van der Waals surface area contributed by atoms with Crippen molar-refractivity contribution in [3.05, 3.63) is 22.1 Å². The number of carbonyl (C=O) groups excluding carboxylic acids is 1. The minimum absolute atomic E-state index is 0.0594. The van der Waals surface area contributed by atoms with Crippen molar-refractivity contribution in [3.8, 4) is 0 Å². The highest BCUT2D eigenvalue weighted by Crippen LogP contribution is 2.42. The molecular weight excluding hydrogens is 360 g/mol. The van der Waals surface area contributed by atoms with E-state index in [2.05, 4.69) is 19.1 Å². The van der Waals surface area contributed by atoms with Gasteiger partial charge in [0.25, 0.3) is 5.91 Å². The molecule has 1 fully saturated rings. The van der Waals surface area contributed by atoms with Crippen LogP contribution in [0, 0.1) is 6.92 Å². The van der Waals surface area contributed by atoms with Gasteiger partial charge in [-0.15, -0.1) is 16.4 Å². The Morgan fingerprint density at radius 1 is 1.26 bits per heavy atom. The van der Waals surface area contributed by atoms with Gasteiger partial charge in [0.05, 0.1) is 38.6 Å². The number of hydrogen-bond acceptors (Lipinski definition) is 5. The number of hydrogen-bond donors (Lipinski definition) is 1. The Labute approximate surface area is 162 Å². The summed E-state index contributed by atoms with van der Waals surface area (Å²) in [6.45, 7) is 7.70. The average molecular weight is 386 g/mol. The fourth-order valence-electron chi connectivity index (χ4n) is 4.41. The quantitative estimate of drug-likeness (QED) is 0.680. The van der Waals surface area contributed by atoms with Crippen molar-refractivity contribution in [1.29, 1.82) is 0 Å². The van der Waals surface area contributed by atoms with E-state index in [1.165, 1.54) is 28.2 Å². The molecule has 0 unspecified atom stereocenters. The monoisotopic (exact) mass is 385 g/mol. The zero-order valence-electron chi connectivity index (χ0n) is 16.1. The lowest BCUT2D eigenvalue weighted by Crippen LogP contribution is -3.12. The van der Waals surface area contributed by atoms with E-state index in [0.717, 1.165) is 54.3 Å². The Morgan fingerprint density at radius 3 is 2.81 bits per heavy atom. The van der Waals surface area contributed by atoms with Gasteiger partial charge in [0.15, 0.2) is 5.65 Å². The molecular formula is C19H25N6OS+. The predicted octanol–water partition coefficient (Wildman–Crippen LogP) is 1.06. The second kappa shape index (κ2) is 6.24. The Hall–Kier alpha value is -2.06. The largest absolute Gasteiger partial charge is 0.334 e. The van der Waals surface area contributed by atoms with E-state index in [0.29, 0.717) is 11.7 Å². The van der Waals surface area contributed by atoms with Crippen LogP contribution in [0.5, 0.6) is 0 Å². The molecule has 27 heavy (non-hydrogen) atoms. The molecule has 4 heterocycles. The number of fused-ring (bicyclic) bond motifs is 5. The molecule has 1 aliphatic heterocycles. The lowest BCUT2D eigenvalue weighted by molar-refractivity contribution is -0.883. The first-order valence-electron chi connectivity index (χ1n) is 9.82. The molecule has 8 heteroatoms. The molecule has 7 nitrogen and oxygen atoms in total. The van der Waals surface area contributed by atoms with Crippen LogP contribution in [-0.4, -0.2) is 63.6 Å². The van der Waals surface area contributed by atoms with Crippen molar-refractivity contribution in [3.63, 3.8) is 0 Å². The van der Waals surface area contributed by atoms with Gasteiger partial charge in [-0.05, 0) is 37.7 Å². The van der Waals surface area contributed by atoms with Crippen LogP contribution in [0.15, 0.2) is 0 Å². The molecule has 0 bridgehead atoms. The Morgan fingerprint density at radius 2 is 2.04 bits per heavy atom. The van der Waals surface area contributed by atoms with E-state index in [4.69, 9.17) is 9.97 Å². The number of thiophene rings is 1. The van der Waals surface area contributed by atoms with Crippen molar-refractivity contribution < 1.29 is 9.69 Å². The van der Waals surface area contributed by atoms with Gasteiger partial charge >= 0.3 is 0 Å². The summed E-state index contributed by atoms with van der Waals surface area (Å²) in [6, 6.07) is 0. The minimum Gasteiger partial charge on any atom is -0.334 e. The van der Waals surface area contributed by atoms with Crippen LogP contribution in [-0.2, 0) is 6.42 Å². The number of carbonyl (C=O) groups is 1. The lowest BCUT2D eigenvalue weighted by Gasteiger charge is -2.29. The number of piperazine rings is 1. The maximum Gasteiger partial charge on any atom is 0.293 e. The third kappa shape index (κ3) is 2.65. The number of aryl methyl sites for hydroxylation is 2. The van der Waals surface area contributed by atoms with E-state index < -0.39 is 0 Å². The van der Waals surface area contributed by atoms with E-state index >= 15 is 0 Å². The second-order valence-electron chi connectivity index (χ2n) is 7.99. The van der Waals surface area contributed by atoms with Crippen molar-refractivity contribution in [1.82, 2.24) is 24.5 Å². The first-order valence-corrected chi connectivity index (χ1v) is 10.6. The Kier molecular flexibility index (Phi) is 3.94. The lowest BCUT2D eigenvalue weighted by atomic mass is 9.87. The highest BCUT2D eigenvalue weighted by atomic mass is 32.1. The number of amides is 1. The summed E-state index contributed by atoms with van der Waals surface area (Å²) in [6.07, 6.45) is 3.55. The average Bonchev–Trinajstić information content (AvgIpc) is 3.24. The molecule has 1 N–H and O–H groups in total. The SMILES string of the molecule is Cc1nc2sc3c(c2c2nc(C(=O)N4CC[NH+](C)CC4)nn12)[C@H](C)CCC3. The molecule has 1 aliphatic carbocycles. The zero-order valence-corrected chi connectivity index (χ0v) is 16.9. The van der Waals surface area contributed by atoms with Gasteiger partial charge in [0.2, 0.25) is 5.82 Å². The van der Waals surface area contributed by atoms with Gasteiger partial charge in [-0.25, -0.2) is 9.97 Å². The summed E-state index contributed by atoms with van der Waals surface area (Å²) in [5.74, 6) is 1.54. The van der Waals surface area contributed by atoms with Gasteiger partial charge in [-0.3, -0.25) is 4.79 Å². The third-order valence-electron chi connectivity index (χ3n) is 6.03. The van der Waals surface area contributed by atoms with Gasteiger partial charge in [-0.2, -0.15) is 4.52 Å². The summed E-state index contributed by atoms with van der Waals surface area (Å²) in [5.41, 5.74) is 2.18. The van der Waals surface area contributed by atoms with Crippen molar-refractivity contribution in [2.75, 3.05) is 33.2 Å². The highest BCUT2D eigenvalue weighted by Gasteiger charge is 2.29. The van der Waals surface area contributed by atoms with Crippen LogP contribution in [0.3, 0.4) is 0 Å². The van der Waals surface area contributed by atoms with E-state index in [-0.39, 0.29) is 5.91 Å². The standard InChI is InChI=1S/C19H24N6OS/c1-11-5-4-6-13-14(11)15-17-21-16(19(26)24-9-7-23(3)8-10-24)22-25(17)12(2)20-18(15)27-13/h11H,4-10H2,1-3H3/p+1/t11-/m1/s1. The molecule has 1 saturated heterocycles. The number of nitrogens with zero attached hydrogens (tertiary/aromatic N) is 5. The zero-order chi connectivity index (χ0) is 18.7. The van der Waals surface area contributed by atoms with Crippen molar-refractivity contribution in [2.45, 2.75) is 39.0 Å². The summed E-state index contributed by atoms with van der Waals surface area (Å²) in [4.78, 5) is 28.3. The smallest absolute Gasteiger partial charge is 0.293 e. The Balaban J connectivity index is 1.64. The van der Waals surface area contributed by atoms with Gasteiger partial charge in [0, 0.05) is 4.88 Å². The van der Waals surface area contributed by atoms with Crippen LogP contribution >= 0.6 is 11.3 Å². The maximum atomic E-state index is 13.0. The van der Waals surface area contributed by atoms with Crippen LogP contribution in [0.2, 0.25) is 0 Å². The molecule has 1 atom stereocenters. The number of likely N-dealkylation sites (N-methyl/N-ethyl adjacent to an activating group) is 1. The number of quaternary nitrogens is 1. The maximum absolute atomic E-state index is 13.0. The van der Waals surface area contributed by atoms with Crippen LogP contribution in [0.25, 0.3) is 15.9 Å². The molecule has 0 saturated carbocycles. The number of rotatable bonds is 1. The summed E-state index contributed by atoms with van der Waals surface area (Å²) < 4.78 is 1.77. The molecule has 0 aromatic carbocycles. The van der Waals surface area contributed by atoms with Crippen LogP contribution in [0.1, 0.15) is 52.6 Å². The first kappa shape index (κ1) is 17.1. The fourth-order valence-corrected chi connectivity index (χ4v) is 5.78. The van der Waals surface area contributed by atoms with Gasteiger partial charge < -0.3 is 9.80 Å². The summed E-state index contributed by atoms with van der Waals surface area (Å²) >= 11 is 1.79. The topological polar surface area (TPSA) is 67.8 Å². The van der Waals surface area contributed by atoms with Gasteiger partial charge in [-0.1, -0.05) is 6.92 Å². The summed E-state index contributed by atoms with van der Waals surface area (Å²) in [7, 11) is 2.16. The Bertz CT molecular complexity index is 1050. The van der Waals surface area contributed by atoms with Crippen LogP contribution < -0.4 is 4.90 Å². The highest BCUT2D eigenvalue weighted by molar-refractivity contribution is 7.19. The minimum atomic E-state index is -0.0594. The molecule has 3 aromatic heterocycles. The van der Waals surface area contributed by atoms with Crippen LogP contribution in [0.4, 0.5) is 0 Å². The molecule has 5 rings (SSSR count). The van der Waals surface area contributed by atoms with E-state index in [1.54, 1.807) is 15.9 Å². The molecule has 0 radical (unpaired) electrons. The third-order valence-corrected chi connectivity index (χ3v) is 7.19. The second-order valence-corrected chi connectivity index (χ2v) is 9.08. The van der Waals surface area contributed by atoms with Crippen molar-refractivity contribution >= 4 is 33.1 Å². The fraction of sp³-hybridized carbons (Fsp3) is 0.579. The number of nitrogens with one attached hydrogen (secondary N) is 1. The molecule has 0 spiro atoms. The van der Waals surface area contributed by atoms with E-state index in [1.807, 2.05) is 11.8 Å². The summed E-state index contributed by atoms with van der Waals surface area (Å²) in [5, 5.41) is 5.67. The first-order chi connectivity index (χ1) is 13.0. The van der Waals surface area contributed by atoms with E-state index in [9.17, 15) is 4.79 Å². The number of aromatic nitrogens is 4. The molecule has 2 aliphatic rings. The van der Waals surface area contributed by atoms with Gasteiger partial charge in [0.1, 0.15) is 10.7 Å². The van der Waals surface area contributed by atoms with Crippen molar-refractivity contribution in [2.24, 2.45) is 0 Å². The predicted molar refractivity (Wildman–Crippen MR) is 105 cm³/mol. The molecule has 1 amide bonds. The molecule has 3 aromatic rings.